The van der Waals surface area contributed by atoms with Crippen LogP contribution in [0.3, 0.4) is 0 Å². The van der Waals surface area contributed by atoms with Gasteiger partial charge in [0, 0.05) is 6.04 Å². The highest BCUT2D eigenvalue weighted by molar-refractivity contribution is 5.78. The van der Waals surface area contributed by atoms with E-state index in [1.54, 1.807) is 0 Å². The number of nitrogens with zero attached hydrogens (tertiary/aromatic N) is 2. The summed E-state index contributed by atoms with van der Waals surface area (Å²) in [6.07, 6.45) is 0. The van der Waals surface area contributed by atoms with E-state index >= 15 is 0 Å². The normalized spacial score (nSPS) is 12.8. The Morgan fingerprint density at radius 3 is 2.53 bits per heavy atom. The number of imidazole rings is 1. The first-order valence-electron chi connectivity index (χ1n) is 6.47. The minimum atomic E-state index is -0.00300. The van der Waals surface area contributed by atoms with Crippen molar-refractivity contribution in [2.24, 2.45) is 5.73 Å². The highest BCUT2D eigenvalue weighted by Crippen LogP contribution is 2.26. The van der Waals surface area contributed by atoms with E-state index in [9.17, 15) is 0 Å². The summed E-state index contributed by atoms with van der Waals surface area (Å²) in [5.41, 5.74) is 10.5. The number of hydrogen-bond acceptors (Lipinski definition) is 2. The van der Waals surface area contributed by atoms with Crippen LogP contribution in [0.5, 0.6) is 0 Å². The molecule has 0 bridgehead atoms. The molecule has 1 heterocycles. The van der Waals surface area contributed by atoms with Gasteiger partial charge in [-0.2, -0.15) is 0 Å². The Labute approximate surface area is 112 Å². The second-order valence-electron chi connectivity index (χ2n) is 4.83. The number of para-hydroxylation sites is 3. The molecule has 96 valence electrons. The molecule has 0 aliphatic heterocycles. The summed E-state index contributed by atoms with van der Waals surface area (Å²) < 4.78 is 2.17. The highest BCUT2D eigenvalue weighted by atomic mass is 15.1. The molecule has 0 radical (unpaired) electrons. The Balaban J connectivity index is 2.33. The molecule has 2 N–H and O–H groups in total. The summed E-state index contributed by atoms with van der Waals surface area (Å²) in [7, 11) is 0. The van der Waals surface area contributed by atoms with Crippen molar-refractivity contribution in [3.8, 4) is 5.69 Å². The molecule has 3 nitrogen and oxygen atoms in total. The standard InChI is InChI=1S/C16H17N3/c1-11(17)13-7-3-5-9-15(13)19-12(2)18-14-8-4-6-10-16(14)19/h3-11H,17H2,1-2H3. The average Bonchev–Trinajstić information content (AvgIpc) is 2.74. The largest absolute Gasteiger partial charge is 0.324 e. The molecule has 0 saturated carbocycles. The first-order valence-corrected chi connectivity index (χ1v) is 6.47. The van der Waals surface area contributed by atoms with E-state index in [0.29, 0.717) is 0 Å². The zero-order valence-electron chi connectivity index (χ0n) is 11.2. The predicted octanol–water partition coefficient (Wildman–Crippen LogP) is 3.35. The van der Waals surface area contributed by atoms with Crippen molar-refractivity contribution in [3.05, 3.63) is 59.9 Å². The van der Waals surface area contributed by atoms with E-state index < -0.39 is 0 Å². The number of nitrogens with two attached hydrogens (primary N) is 1. The van der Waals surface area contributed by atoms with Crippen molar-refractivity contribution in [3.63, 3.8) is 0 Å². The summed E-state index contributed by atoms with van der Waals surface area (Å²) >= 11 is 0. The van der Waals surface area contributed by atoms with Crippen molar-refractivity contribution < 1.29 is 0 Å². The van der Waals surface area contributed by atoms with Crippen LogP contribution in [0.2, 0.25) is 0 Å². The van der Waals surface area contributed by atoms with Crippen LogP contribution in [0.15, 0.2) is 48.5 Å². The second kappa shape index (κ2) is 4.52. The molecule has 19 heavy (non-hydrogen) atoms. The molecule has 1 aromatic heterocycles. The van der Waals surface area contributed by atoms with E-state index in [0.717, 1.165) is 28.1 Å². The molecule has 3 rings (SSSR count). The monoisotopic (exact) mass is 251 g/mol. The van der Waals surface area contributed by atoms with Crippen LogP contribution in [0, 0.1) is 6.92 Å². The number of aryl methyl sites for hydroxylation is 1. The molecular weight excluding hydrogens is 234 g/mol. The maximum absolute atomic E-state index is 6.08. The lowest BCUT2D eigenvalue weighted by Gasteiger charge is -2.15. The maximum atomic E-state index is 6.08. The van der Waals surface area contributed by atoms with Crippen molar-refractivity contribution in [1.29, 1.82) is 0 Å². The van der Waals surface area contributed by atoms with Gasteiger partial charge in [0.2, 0.25) is 0 Å². The van der Waals surface area contributed by atoms with Gasteiger partial charge in [0.1, 0.15) is 5.82 Å². The Morgan fingerprint density at radius 1 is 1.05 bits per heavy atom. The number of fused-ring (bicyclic) bond motifs is 1. The molecule has 0 amide bonds. The lowest BCUT2D eigenvalue weighted by atomic mass is 10.1. The molecule has 0 spiro atoms. The van der Waals surface area contributed by atoms with Gasteiger partial charge in [-0.15, -0.1) is 0 Å². The van der Waals surface area contributed by atoms with Crippen molar-refractivity contribution >= 4 is 11.0 Å². The first kappa shape index (κ1) is 11.9. The van der Waals surface area contributed by atoms with Gasteiger partial charge < -0.3 is 5.73 Å². The van der Waals surface area contributed by atoms with Crippen LogP contribution in [0.25, 0.3) is 16.7 Å². The summed E-state index contributed by atoms with van der Waals surface area (Å²) in [5, 5.41) is 0. The van der Waals surface area contributed by atoms with E-state index in [2.05, 4.69) is 27.8 Å². The van der Waals surface area contributed by atoms with Crippen LogP contribution in [-0.4, -0.2) is 9.55 Å². The molecule has 2 aromatic carbocycles. The van der Waals surface area contributed by atoms with Crippen molar-refractivity contribution in [2.45, 2.75) is 19.9 Å². The molecular formula is C16H17N3. The minimum Gasteiger partial charge on any atom is -0.324 e. The van der Waals surface area contributed by atoms with Gasteiger partial charge in [-0.3, -0.25) is 4.57 Å². The third-order valence-electron chi connectivity index (χ3n) is 3.40. The predicted molar refractivity (Wildman–Crippen MR) is 78.4 cm³/mol. The van der Waals surface area contributed by atoms with Gasteiger partial charge >= 0.3 is 0 Å². The number of benzene rings is 2. The van der Waals surface area contributed by atoms with Gasteiger partial charge in [-0.1, -0.05) is 30.3 Å². The van der Waals surface area contributed by atoms with Crippen LogP contribution in [0.1, 0.15) is 24.4 Å². The minimum absolute atomic E-state index is 0.00300. The van der Waals surface area contributed by atoms with Gasteiger partial charge in [0.05, 0.1) is 16.7 Å². The molecule has 1 unspecified atom stereocenters. The summed E-state index contributed by atoms with van der Waals surface area (Å²) in [6.45, 7) is 4.03. The fourth-order valence-electron chi connectivity index (χ4n) is 2.53. The third-order valence-corrected chi connectivity index (χ3v) is 3.40. The maximum Gasteiger partial charge on any atom is 0.111 e. The zero-order valence-corrected chi connectivity index (χ0v) is 11.2. The number of hydrogen-bond donors (Lipinski definition) is 1. The first-order chi connectivity index (χ1) is 9.18. The molecule has 3 heteroatoms. The van der Waals surface area contributed by atoms with Crippen LogP contribution < -0.4 is 5.73 Å². The van der Waals surface area contributed by atoms with Crippen LogP contribution >= 0.6 is 0 Å². The molecule has 0 fully saturated rings. The molecule has 3 aromatic rings. The quantitative estimate of drug-likeness (QED) is 0.759. The van der Waals surface area contributed by atoms with Gasteiger partial charge in [-0.25, -0.2) is 4.98 Å². The third kappa shape index (κ3) is 1.92. The van der Waals surface area contributed by atoms with Crippen LogP contribution in [-0.2, 0) is 0 Å². The van der Waals surface area contributed by atoms with Gasteiger partial charge in [0.25, 0.3) is 0 Å². The van der Waals surface area contributed by atoms with Gasteiger partial charge in [0.15, 0.2) is 0 Å². The molecule has 1 atom stereocenters. The second-order valence-corrected chi connectivity index (χ2v) is 4.83. The number of aromatic nitrogens is 2. The fourth-order valence-corrected chi connectivity index (χ4v) is 2.53. The lowest BCUT2D eigenvalue weighted by Crippen LogP contribution is -2.10. The number of rotatable bonds is 2. The molecule has 0 aliphatic rings. The van der Waals surface area contributed by atoms with Crippen LogP contribution in [0.4, 0.5) is 0 Å². The Hall–Kier alpha value is -2.13. The summed E-state index contributed by atoms with van der Waals surface area (Å²) in [4.78, 5) is 4.61. The molecule has 0 aliphatic carbocycles. The average molecular weight is 251 g/mol. The van der Waals surface area contributed by atoms with E-state index in [1.807, 2.05) is 44.2 Å². The summed E-state index contributed by atoms with van der Waals surface area (Å²) in [6, 6.07) is 16.4. The smallest absolute Gasteiger partial charge is 0.111 e. The summed E-state index contributed by atoms with van der Waals surface area (Å²) in [5.74, 6) is 0.981. The topological polar surface area (TPSA) is 43.8 Å². The Bertz CT molecular complexity index is 726. The van der Waals surface area contributed by atoms with E-state index in [4.69, 9.17) is 5.73 Å². The Morgan fingerprint density at radius 2 is 1.74 bits per heavy atom. The van der Waals surface area contributed by atoms with E-state index in [-0.39, 0.29) is 6.04 Å². The molecule has 0 saturated heterocycles. The van der Waals surface area contributed by atoms with Gasteiger partial charge in [-0.05, 0) is 37.6 Å². The van der Waals surface area contributed by atoms with Crippen molar-refractivity contribution in [1.82, 2.24) is 9.55 Å². The van der Waals surface area contributed by atoms with Crippen molar-refractivity contribution in [2.75, 3.05) is 0 Å². The lowest BCUT2D eigenvalue weighted by molar-refractivity contribution is 0.802. The SMILES string of the molecule is Cc1nc2ccccc2n1-c1ccccc1C(C)N. The zero-order chi connectivity index (χ0) is 13.4. The highest BCUT2D eigenvalue weighted by Gasteiger charge is 2.13. The fraction of sp³-hybridized carbons (Fsp3) is 0.188. The van der Waals surface area contributed by atoms with E-state index in [1.165, 1.54) is 0 Å². The Kier molecular flexibility index (Phi) is 2.84.